The van der Waals surface area contributed by atoms with E-state index in [2.05, 4.69) is 20.2 Å². The molecule has 3 rings (SSSR count). The van der Waals surface area contributed by atoms with Crippen molar-refractivity contribution in [3.63, 3.8) is 0 Å². The summed E-state index contributed by atoms with van der Waals surface area (Å²) in [4.78, 5) is 11.4. The van der Waals surface area contributed by atoms with Crippen molar-refractivity contribution in [2.75, 3.05) is 26.2 Å². The van der Waals surface area contributed by atoms with E-state index in [1.807, 2.05) is 30.5 Å². The fourth-order valence-electron chi connectivity index (χ4n) is 2.67. The summed E-state index contributed by atoms with van der Waals surface area (Å²) in [7, 11) is 0. The maximum atomic E-state index is 7.63. The third-order valence-corrected chi connectivity index (χ3v) is 4.01. The lowest BCUT2D eigenvalue weighted by Crippen LogP contribution is -2.56. The molecule has 6 heteroatoms. The molecule has 0 aliphatic carbocycles. The Labute approximate surface area is 135 Å². The summed E-state index contributed by atoms with van der Waals surface area (Å²) in [5.74, 6) is 0. The molecule has 0 bridgehead atoms. The minimum Gasteiger partial charge on any atom is -0.385 e. The molecule has 2 aromatic rings. The Morgan fingerprint density at radius 2 is 2.13 bits per heavy atom. The van der Waals surface area contributed by atoms with Gasteiger partial charge in [0.1, 0.15) is 0 Å². The van der Waals surface area contributed by atoms with Crippen LogP contribution in [0, 0.1) is 5.41 Å². The standard InChI is InChI=1S/C17H22N6/c18-6-3-7-23-11-14(12-23)20-9-13(8-19)17-10-21-15-4-1-2-5-16(15)22-17/h1-2,4-5,8-10,14,19-20H,3,6-7,11-12,18H2/b13-9+,19-8?. The lowest BCUT2D eigenvalue weighted by Gasteiger charge is -2.39. The van der Waals surface area contributed by atoms with Crippen LogP contribution in [0.15, 0.2) is 36.7 Å². The average molecular weight is 310 g/mol. The van der Waals surface area contributed by atoms with Crippen LogP contribution in [0.2, 0.25) is 0 Å². The second kappa shape index (κ2) is 7.30. The number of fused-ring (bicyclic) bond motifs is 1. The van der Waals surface area contributed by atoms with E-state index in [0.717, 1.165) is 49.2 Å². The summed E-state index contributed by atoms with van der Waals surface area (Å²) >= 11 is 0. The van der Waals surface area contributed by atoms with Gasteiger partial charge in [-0.05, 0) is 31.6 Å². The first kappa shape index (κ1) is 15.6. The van der Waals surface area contributed by atoms with Gasteiger partial charge in [-0.3, -0.25) is 9.88 Å². The van der Waals surface area contributed by atoms with E-state index >= 15 is 0 Å². The topological polar surface area (TPSA) is 90.9 Å². The maximum absolute atomic E-state index is 7.63. The molecule has 0 radical (unpaired) electrons. The smallest absolute Gasteiger partial charge is 0.0922 e. The zero-order valence-electron chi connectivity index (χ0n) is 13.1. The van der Waals surface area contributed by atoms with Gasteiger partial charge in [-0.2, -0.15) is 0 Å². The van der Waals surface area contributed by atoms with E-state index in [4.69, 9.17) is 11.1 Å². The van der Waals surface area contributed by atoms with E-state index in [0.29, 0.717) is 11.7 Å². The normalized spacial score (nSPS) is 16.3. The quantitative estimate of drug-likeness (QED) is 0.669. The molecule has 1 saturated heterocycles. The number of nitrogens with two attached hydrogens (primary N) is 1. The fourth-order valence-corrected chi connectivity index (χ4v) is 2.67. The van der Waals surface area contributed by atoms with Crippen molar-refractivity contribution in [1.82, 2.24) is 20.2 Å². The van der Waals surface area contributed by atoms with Crippen LogP contribution in [-0.4, -0.2) is 53.3 Å². The van der Waals surface area contributed by atoms with Gasteiger partial charge >= 0.3 is 0 Å². The molecule has 0 amide bonds. The molecule has 1 fully saturated rings. The number of nitrogens with one attached hydrogen (secondary N) is 2. The second-order valence-electron chi connectivity index (χ2n) is 5.75. The van der Waals surface area contributed by atoms with Crippen molar-refractivity contribution in [3.8, 4) is 0 Å². The summed E-state index contributed by atoms with van der Waals surface area (Å²) in [6.07, 6.45) is 5.95. The Hall–Kier alpha value is -2.31. The molecule has 1 aliphatic rings. The highest BCUT2D eigenvalue weighted by atomic mass is 15.2. The number of rotatable bonds is 7. The first-order chi connectivity index (χ1) is 11.3. The summed E-state index contributed by atoms with van der Waals surface area (Å²) in [6, 6.07) is 8.18. The molecule has 6 nitrogen and oxygen atoms in total. The van der Waals surface area contributed by atoms with Gasteiger partial charge in [0.2, 0.25) is 0 Å². The predicted octanol–water partition coefficient (Wildman–Crippen LogP) is 1.24. The molecule has 0 saturated carbocycles. The Morgan fingerprint density at radius 1 is 1.35 bits per heavy atom. The molecular formula is C17H22N6. The monoisotopic (exact) mass is 310 g/mol. The Kier molecular flexibility index (Phi) is 4.95. The van der Waals surface area contributed by atoms with E-state index < -0.39 is 0 Å². The number of allylic oxidation sites excluding steroid dienone is 1. The van der Waals surface area contributed by atoms with E-state index in [1.165, 1.54) is 6.21 Å². The van der Waals surface area contributed by atoms with Crippen LogP contribution in [0.1, 0.15) is 12.1 Å². The molecule has 0 unspecified atom stereocenters. The predicted molar refractivity (Wildman–Crippen MR) is 93.3 cm³/mol. The Morgan fingerprint density at radius 3 is 2.87 bits per heavy atom. The van der Waals surface area contributed by atoms with Crippen LogP contribution in [-0.2, 0) is 0 Å². The lowest BCUT2D eigenvalue weighted by molar-refractivity contribution is 0.135. The van der Waals surface area contributed by atoms with Gasteiger partial charge < -0.3 is 16.5 Å². The summed E-state index contributed by atoms with van der Waals surface area (Å²) in [6.45, 7) is 3.84. The summed E-state index contributed by atoms with van der Waals surface area (Å²) < 4.78 is 0. The van der Waals surface area contributed by atoms with Crippen LogP contribution in [0.4, 0.5) is 0 Å². The molecule has 1 aliphatic heterocycles. The minimum atomic E-state index is 0.427. The lowest BCUT2D eigenvalue weighted by atomic mass is 10.1. The van der Waals surface area contributed by atoms with Gasteiger partial charge in [-0.15, -0.1) is 0 Å². The third kappa shape index (κ3) is 3.72. The number of benzene rings is 1. The molecule has 23 heavy (non-hydrogen) atoms. The molecule has 2 heterocycles. The van der Waals surface area contributed by atoms with Crippen LogP contribution in [0.25, 0.3) is 16.6 Å². The molecule has 0 spiro atoms. The van der Waals surface area contributed by atoms with Crippen LogP contribution in [0.3, 0.4) is 0 Å². The first-order valence-corrected chi connectivity index (χ1v) is 7.91. The molecular weight excluding hydrogens is 288 g/mol. The highest BCUT2D eigenvalue weighted by molar-refractivity contribution is 6.07. The largest absolute Gasteiger partial charge is 0.385 e. The molecule has 1 aromatic heterocycles. The van der Waals surface area contributed by atoms with Crippen molar-refractivity contribution in [2.24, 2.45) is 5.73 Å². The van der Waals surface area contributed by atoms with Gasteiger partial charge in [-0.25, -0.2) is 4.98 Å². The van der Waals surface area contributed by atoms with Crippen molar-refractivity contribution < 1.29 is 0 Å². The Bertz CT molecular complexity index is 705. The zero-order valence-corrected chi connectivity index (χ0v) is 13.1. The van der Waals surface area contributed by atoms with E-state index in [1.54, 1.807) is 6.20 Å². The first-order valence-electron chi connectivity index (χ1n) is 7.91. The summed E-state index contributed by atoms with van der Waals surface area (Å²) in [5.41, 5.74) is 8.68. The van der Waals surface area contributed by atoms with Gasteiger partial charge in [0, 0.05) is 31.1 Å². The number of likely N-dealkylation sites (tertiary alicyclic amines) is 1. The van der Waals surface area contributed by atoms with Crippen molar-refractivity contribution in [3.05, 3.63) is 42.4 Å². The van der Waals surface area contributed by atoms with Crippen LogP contribution in [0.5, 0.6) is 0 Å². The number of nitrogens with zero attached hydrogens (tertiary/aromatic N) is 3. The van der Waals surface area contributed by atoms with Crippen molar-refractivity contribution >= 4 is 22.8 Å². The van der Waals surface area contributed by atoms with Gasteiger partial charge in [0.25, 0.3) is 0 Å². The average Bonchev–Trinajstić information content (AvgIpc) is 2.56. The minimum absolute atomic E-state index is 0.427. The second-order valence-corrected chi connectivity index (χ2v) is 5.75. The summed E-state index contributed by atoms with van der Waals surface area (Å²) in [5, 5.41) is 11.0. The number of hydrogen-bond acceptors (Lipinski definition) is 6. The molecule has 120 valence electrons. The Balaban J connectivity index is 1.63. The van der Waals surface area contributed by atoms with E-state index in [9.17, 15) is 0 Å². The van der Waals surface area contributed by atoms with Gasteiger partial charge in [-0.1, -0.05) is 12.1 Å². The van der Waals surface area contributed by atoms with Crippen LogP contribution >= 0.6 is 0 Å². The van der Waals surface area contributed by atoms with E-state index in [-0.39, 0.29) is 0 Å². The maximum Gasteiger partial charge on any atom is 0.0922 e. The van der Waals surface area contributed by atoms with Crippen molar-refractivity contribution in [2.45, 2.75) is 12.5 Å². The van der Waals surface area contributed by atoms with Crippen LogP contribution < -0.4 is 11.1 Å². The molecule has 4 N–H and O–H groups in total. The third-order valence-electron chi connectivity index (χ3n) is 4.01. The number of para-hydroxylation sites is 2. The highest BCUT2D eigenvalue weighted by Gasteiger charge is 2.24. The highest BCUT2D eigenvalue weighted by Crippen LogP contribution is 2.14. The SMILES string of the molecule is N=C/C(=C\NC1CN(CCCN)C1)c1cnc2ccccc2n1. The van der Waals surface area contributed by atoms with Crippen molar-refractivity contribution in [1.29, 1.82) is 5.41 Å². The zero-order chi connectivity index (χ0) is 16.1. The molecule has 0 atom stereocenters. The molecule has 1 aromatic carbocycles. The van der Waals surface area contributed by atoms with Gasteiger partial charge in [0.15, 0.2) is 0 Å². The number of aromatic nitrogens is 2. The van der Waals surface area contributed by atoms with Gasteiger partial charge in [0.05, 0.1) is 29.0 Å². The number of hydrogen-bond donors (Lipinski definition) is 3. The fraction of sp³-hybridized carbons (Fsp3) is 0.353.